The number of alkyl halides is 1. The first-order chi connectivity index (χ1) is 8.61. The summed E-state index contributed by atoms with van der Waals surface area (Å²) in [6.45, 7) is 1.95. The lowest BCUT2D eigenvalue weighted by Gasteiger charge is -2.29. The molecule has 2 rings (SSSR count). The first-order valence-corrected chi connectivity index (χ1v) is 7.49. The van der Waals surface area contributed by atoms with E-state index in [1.165, 1.54) is 0 Å². The van der Waals surface area contributed by atoms with Gasteiger partial charge in [-0.3, -0.25) is 0 Å². The Hall–Kier alpha value is -0.610. The number of anilines is 1. The molecule has 1 fully saturated rings. The molecule has 0 saturated carbocycles. The third-order valence-electron chi connectivity index (χ3n) is 3.43. The zero-order chi connectivity index (χ0) is 13.1. The molecule has 1 aliphatic heterocycles. The minimum atomic E-state index is -0.0994. The van der Waals surface area contributed by atoms with Crippen LogP contribution in [0.2, 0.25) is 0 Å². The smallest absolute Gasteiger partial charge is 0.146 e. The first-order valence-electron chi connectivity index (χ1n) is 6.37. The molecule has 0 amide bonds. The Bertz CT molecular complexity index is 409. The van der Waals surface area contributed by atoms with Gasteiger partial charge in [0.15, 0.2) is 0 Å². The van der Waals surface area contributed by atoms with Crippen molar-refractivity contribution in [1.29, 1.82) is 0 Å². The molecule has 1 atom stereocenters. The lowest BCUT2D eigenvalue weighted by atomic mass is 10.1. The molecule has 2 nitrogen and oxygen atoms in total. The second-order valence-corrected chi connectivity index (χ2v) is 5.73. The maximum Gasteiger partial charge on any atom is 0.146 e. The number of nitrogens with zero attached hydrogens (tertiary/aromatic N) is 2. The van der Waals surface area contributed by atoms with E-state index in [2.05, 4.69) is 39.8 Å². The number of halogens is 2. The Balaban J connectivity index is 2.19. The van der Waals surface area contributed by atoms with Crippen LogP contribution in [0.1, 0.15) is 18.4 Å². The summed E-state index contributed by atoms with van der Waals surface area (Å²) < 4.78 is 14.1. The Labute approximate surface area is 117 Å². The molecule has 0 aromatic heterocycles. The van der Waals surface area contributed by atoms with E-state index < -0.39 is 0 Å². The van der Waals surface area contributed by atoms with Crippen molar-refractivity contribution in [2.75, 3.05) is 32.1 Å². The predicted octanol–water partition coefficient (Wildman–Crippen LogP) is 3.25. The van der Waals surface area contributed by atoms with Crippen LogP contribution >= 0.6 is 15.9 Å². The van der Waals surface area contributed by atoms with Crippen LogP contribution in [0.3, 0.4) is 0 Å². The Kier molecular flexibility index (Phi) is 4.62. The Morgan fingerprint density at radius 2 is 2.22 bits per heavy atom. The normalized spacial score (nSPS) is 19.8. The van der Waals surface area contributed by atoms with Crippen molar-refractivity contribution >= 4 is 21.6 Å². The van der Waals surface area contributed by atoms with Gasteiger partial charge >= 0.3 is 0 Å². The average molecular weight is 315 g/mol. The van der Waals surface area contributed by atoms with E-state index in [0.717, 1.165) is 37.2 Å². The standard InChI is InChI=1S/C14H20BrFN2/c1-17(2)10-12-4-3-7-18(12)14-6-5-11(9-15)8-13(14)16/h5-6,8,12H,3-4,7,9-10H2,1-2H3. The van der Waals surface area contributed by atoms with Gasteiger partial charge in [-0.1, -0.05) is 22.0 Å². The van der Waals surface area contributed by atoms with Crippen molar-refractivity contribution < 1.29 is 4.39 Å². The first kappa shape index (κ1) is 13.8. The highest BCUT2D eigenvalue weighted by molar-refractivity contribution is 9.08. The molecule has 18 heavy (non-hydrogen) atoms. The van der Waals surface area contributed by atoms with E-state index in [9.17, 15) is 4.39 Å². The second-order valence-electron chi connectivity index (χ2n) is 5.17. The molecule has 1 saturated heterocycles. The van der Waals surface area contributed by atoms with Crippen molar-refractivity contribution in [2.45, 2.75) is 24.2 Å². The number of rotatable bonds is 4. The maximum atomic E-state index is 14.1. The predicted molar refractivity (Wildman–Crippen MR) is 78.0 cm³/mol. The number of hydrogen-bond donors (Lipinski definition) is 0. The highest BCUT2D eigenvalue weighted by Crippen LogP contribution is 2.29. The van der Waals surface area contributed by atoms with Gasteiger partial charge < -0.3 is 9.80 Å². The molecule has 1 heterocycles. The molecule has 0 aliphatic carbocycles. The number of hydrogen-bond acceptors (Lipinski definition) is 2. The van der Waals surface area contributed by atoms with E-state index in [-0.39, 0.29) is 5.82 Å². The molecule has 1 unspecified atom stereocenters. The summed E-state index contributed by atoms with van der Waals surface area (Å²) in [6.07, 6.45) is 2.30. The number of benzene rings is 1. The van der Waals surface area contributed by atoms with Crippen LogP contribution < -0.4 is 4.90 Å². The molecular formula is C14H20BrFN2. The zero-order valence-electron chi connectivity index (χ0n) is 11.0. The van der Waals surface area contributed by atoms with Crippen LogP contribution in [0.15, 0.2) is 18.2 Å². The third-order valence-corrected chi connectivity index (χ3v) is 4.08. The lowest BCUT2D eigenvalue weighted by molar-refractivity contribution is 0.371. The van der Waals surface area contributed by atoms with Crippen LogP contribution in [-0.4, -0.2) is 38.1 Å². The molecule has 0 radical (unpaired) electrons. The van der Waals surface area contributed by atoms with Crippen LogP contribution in [0, 0.1) is 5.82 Å². The summed E-state index contributed by atoms with van der Waals surface area (Å²) in [4.78, 5) is 4.39. The van der Waals surface area contributed by atoms with Crippen molar-refractivity contribution in [1.82, 2.24) is 4.90 Å². The summed E-state index contributed by atoms with van der Waals surface area (Å²) in [5, 5.41) is 0.700. The molecule has 1 aromatic rings. The van der Waals surface area contributed by atoms with Crippen LogP contribution in [0.4, 0.5) is 10.1 Å². The van der Waals surface area contributed by atoms with E-state index in [4.69, 9.17) is 0 Å². The quantitative estimate of drug-likeness (QED) is 0.787. The molecule has 4 heteroatoms. The van der Waals surface area contributed by atoms with Crippen molar-refractivity contribution in [2.24, 2.45) is 0 Å². The molecule has 0 bridgehead atoms. The third kappa shape index (κ3) is 3.04. The number of likely N-dealkylation sites (N-methyl/N-ethyl adjacent to an activating group) is 1. The minimum absolute atomic E-state index is 0.0994. The highest BCUT2D eigenvalue weighted by Gasteiger charge is 2.26. The fraction of sp³-hybridized carbons (Fsp3) is 0.571. The Morgan fingerprint density at radius 1 is 1.44 bits per heavy atom. The van der Waals surface area contributed by atoms with Crippen molar-refractivity contribution in [3.8, 4) is 0 Å². The fourth-order valence-corrected chi connectivity index (χ4v) is 2.98. The zero-order valence-corrected chi connectivity index (χ0v) is 12.6. The van der Waals surface area contributed by atoms with Gasteiger partial charge in [0, 0.05) is 24.5 Å². The second kappa shape index (κ2) is 6.02. The van der Waals surface area contributed by atoms with E-state index in [1.54, 1.807) is 6.07 Å². The summed E-state index contributed by atoms with van der Waals surface area (Å²) >= 11 is 3.36. The molecule has 1 aliphatic rings. The topological polar surface area (TPSA) is 6.48 Å². The summed E-state index contributed by atoms with van der Waals surface area (Å²) in [6, 6.07) is 5.98. The average Bonchev–Trinajstić information content (AvgIpc) is 2.76. The highest BCUT2D eigenvalue weighted by atomic mass is 79.9. The van der Waals surface area contributed by atoms with Gasteiger partial charge in [-0.05, 0) is 44.6 Å². The molecule has 100 valence electrons. The molecule has 0 spiro atoms. The largest absolute Gasteiger partial charge is 0.365 e. The maximum absolute atomic E-state index is 14.1. The molecular weight excluding hydrogens is 295 g/mol. The van der Waals surface area contributed by atoms with Gasteiger partial charge in [0.05, 0.1) is 5.69 Å². The van der Waals surface area contributed by atoms with Crippen molar-refractivity contribution in [3.63, 3.8) is 0 Å². The SMILES string of the molecule is CN(C)CC1CCCN1c1ccc(CBr)cc1F. The van der Waals surface area contributed by atoms with Gasteiger partial charge in [-0.15, -0.1) is 0 Å². The van der Waals surface area contributed by atoms with Gasteiger partial charge in [0.1, 0.15) is 5.82 Å². The minimum Gasteiger partial charge on any atom is -0.365 e. The lowest BCUT2D eigenvalue weighted by Crippen LogP contribution is -2.38. The molecule has 1 aromatic carbocycles. The monoisotopic (exact) mass is 314 g/mol. The van der Waals surface area contributed by atoms with Gasteiger partial charge in [-0.2, -0.15) is 0 Å². The van der Waals surface area contributed by atoms with Crippen LogP contribution in [0.25, 0.3) is 0 Å². The van der Waals surface area contributed by atoms with Crippen LogP contribution in [0.5, 0.6) is 0 Å². The van der Waals surface area contributed by atoms with Crippen LogP contribution in [-0.2, 0) is 5.33 Å². The van der Waals surface area contributed by atoms with E-state index >= 15 is 0 Å². The van der Waals surface area contributed by atoms with Crippen molar-refractivity contribution in [3.05, 3.63) is 29.6 Å². The summed E-state index contributed by atoms with van der Waals surface area (Å²) in [5.74, 6) is -0.0994. The van der Waals surface area contributed by atoms with Gasteiger partial charge in [0.2, 0.25) is 0 Å². The molecule has 0 N–H and O–H groups in total. The van der Waals surface area contributed by atoms with Gasteiger partial charge in [0.25, 0.3) is 0 Å². The summed E-state index contributed by atoms with van der Waals surface area (Å²) in [7, 11) is 4.14. The Morgan fingerprint density at radius 3 is 2.83 bits per heavy atom. The van der Waals surface area contributed by atoms with Gasteiger partial charge in [-0.25, -0.2) is 4.39 Å². The van der Waals surface area contributed by atoms with E-state index in [0.29, 0.717) is 11.4 Å². The van der Waals surface area contributed by atoms with E-state index in [1.807, 2.05) is 12.1 Å². The fourth-order valence-electron chi connectivity index (χ4n) is 2.63. The summed E-state index contributed by atoms with van der Waals surface area (Å²) in [5.41, 5.74) is 1.74.